The molecule has 2 fully saturated rings. The van der Waals surface area contributed by atoms with Gasteiger partial charge in [-0.2, -0.15) is 0 Å². The Morgan fingerprint density at radius 1 is 1.26 bits per heavy atom. The Morgan fingerprint density at radius 3 is 2.53 bits per heavy atom. The summed E-state index contributed by atoms with van der Waals surface area (Å²) in [6.45, 7) is 0. The van der Waals surface area contributed by atoms with Gasteiger partial charge in [0.2, 0.25) is 0 Å². The largest absolute Gasteiger partial charge is 0.365 e. The van der Waals surface area contributed by atoms with Gasteiger partial charge in [0, 0.05) is 23.8 Å². The van der Waals surface area contributed by atoms with E-state index < -0.39 is 0 Å². The normalized spacial score (nSPS) is 30.5. The molecule has 0 radical (unpaired) electrons. The van der Waals surface area contributed by atoms with Crippen molar-refractivity contribution in [3.63, 3.8) is 0 Å². The lowest BCUT2D eigenvalue weighted by Crippen LogP contribution is -2.56. The number of piperidine rings is 2. The summed E-state index contributed by atoms with van der Waals surface area (Å²) in [4.78, 5) is 2.53. The summed E-state index contributed by atoms with van der Waals surface area (Å²) in [5, 5.41) is 3.43. The molecule has 19 heavy (non-hydrogen) atoms. The molecule has 1 aromatic rings. The van der Waals surface area contributed by atoms with Crippen LogP contribution in [-0.2, 0) is 0 Å². The first-order valence-corrected chi connectivity index (χ1v) is 7.89. The Morgan fingerprint density at radius 2 is 1.95 bits per heavy atom. The Labute approximate surface area is 122 Å². The van der Waals surface area contributed by atoms with Gasteiger partial charge in [0.25, 0.3) is 0 Å². The summed E-state index contributed by atoms with van der Waals surface area (Å²) in [5.74, 6) is -0.181. The highest BCUT2D eigenvalue weighted by Crippen LogP contribution is 2.38. The zero-order valence-electron chi connectivity index (χ0n) is 11.2. The molecule has 0 amide bonds. The van der Waals surface area contributed by atoms with Crippen LogP contribution < -0.4 is 10.2 Å². The first-order valence-electron chi connectivity index (χ1n) is 7.09. The Hall–Kier alpha value is -0.610. The van der Waals surface area contributed by atoms with E-state index in [0.29, 0.717) is 22.6 Å². The van der Waals surface area contributed by atoms with Crippen molar-refractivity contribution in [1.82, 2.24) is 5.32 Å². The fourth-order valence-corrected chi connectivity index (χ4v) is 4.05. The van der Waals surface area contributed by atoms with Crippen molar-refractivity contribution in [1.29, 1.82) is 0 Å². The summed E-state index contributed by atoms with van der Waals surface area (Å²) in [6.07, 6.45) is 6.22. The zero-order chi connectivity index (χ0) is 13.4. The quantitative estimate of drug-likeness (QED) is 0.891. The number of nitrogens with one attached hydrogen (secondary N) is 1. The molecule has 2 unspecified atom stereocenters. The van der Waals surface area contributed by atoms with Crippen LogP contribution in [0.25, 0.3) is 0 Å². The highest BCUT2D eigenvalue weighted by Gasteiger charge is 2.37. The fourth-order valence-electron chi connectivity index (χ4n) is 3.68. The molecule has 1 aromatic carbocycles. The van der Waals surface area contributed by atoms with Crippen molar-refractivity contribution in [3.05, 3.63) is 28.5 Å². The van der Waals surface area contributed by atoms with Gasteiger partial charge in [-0.25, -0.2) is 4.39 Å². The molecular weight excluding hydrogens is 307 g/mol. The molecule has 0 spiro atoms. The minimum atomic E-state index is -0.181. The number of anilines is 1. The molecule has 0 saturated carbocycles. The van der Waals surface area contributed by atoms with Gasteiger partial charge in [0.1, 0.15) is 5.82 Å². The molecule has 0 aromatic heterocycles. The average molecular weight is 327 g/mol. The second kappa shape index (κ2) is 5.41. The van der Waals surface area contributed by atoms with Crippen LogP contribution in [0, 0.1) is 5.82 Å². The summed E-state index contributed by atoms with van der Waals surface area (Å²) in [6, 6.07) is 7.25. The Kier molecular flexibility index (Phi) is 3.81. The van der Waals surface area contributed by atoms with E-state index in [1.54, 1.807) is 6.07 Å². The van der Waals surface area contributed by atoms with Gasteiger partial charge in [0.05, 0.1) is 4.47 Å². The van der Waals surface area contributed by atoms with Crippen LogP contribution in [0.2, 0.25) is 0 Å². The first-order chi connectivity index (χ1) is 9.19. The lowest BCUT2D eigenvalue weighted by molar-refractivity contribution is 0.252. The fraction of sp³-hybridized carbons (Fsp3) is 0.600. The molecule has 2 saturated heterocycles. The van der Waals surface area contributed by atoms with Gasteiger partial charge in [-0.15, -0.1) is 0 Å². The topological polar surface area (TPSA) is 15.3 Å². The van der Waals surface area contributed by atoms with Crippen molar-refractivity contribution in [2.75, 3.05) is 11.9 Å². The molecule has 2 atom stereocenters. The number of fused-ring (bicyclic) bond motifs is 2. The van der Waals surface area contributed by atoms with Gasteiger partial charge < -0.3 is 10.2 Å². The van der Waals surface area contributed by atoms with Gasteiger partial charge in [-0.1, -0.05) is 0 Å². The van der Waals surface area contributed by atoms with E-state index in [0.717, 1.165) is 5.69 Å². The van der Waals surface area contributed by atoms with Gasteiger partial charge in [-0.3, -0.25) is 0 Å². The van der Waals surface area contributed by atoms with Gasteiger partial charge in [-0.05, 0) is 73.3 Å². The summed E-state index contributed by atoms with van der Waals surface area (Å²) in [5.41, 5.74) is 1.16. The molecule has 4 heteroatoms. The number of hydrogen-bond acceptors (Lipinski definition) is 2. The highest BCUT2D eigenvalue weighted by molar-refractivity contribution is 9.10. The minimum Gasteiger partial charge on any atom is -0.365 e. The van der Waals surface area contributed by atoms with E-state index in [2.05, 4.69) is 33.2 Å². The maximum Gasteiger partial charge on any atom is 0.137 e. The van der Waals surface area contributed by atoms with Crippen molar-refractivity contribution >= 4 is 21.6 Å². The molecule has 2 aliphatic rings. The van der Waals surface area contributed by atoms with Crippen LogP contribution in [0.3, 0.4) is 0 Å². The molecule has 3 rings (SSSR count). The van der Waals surface area contributed by atoms with E-state index in [-0.39, 0.29) is 5.82 Å². The van der Waals surface area contributed by atoms with E-state index in [4.69, 9.17) is 0 Å². The number of rotatable bonds is 2. The summed E-state index contributed by atoms with van der Waals surface area (Å²) in [7, 11) is 2.06. The van der Waals surface area contributed by atoms with Crippen molar-refractivity contribution in [2.24, 2.45) is 0 Å². The zero-order valence-corrected chi connectivity index (χ0v) is 12.8. The number of nitrogens with zero attached hydrogens (tertiary/aromatic N) is 1. The molecule has 2 bridgehead atoms. The summed E-state index contributed by atoms with van der Waals surface area (Å²) < 4.78 is 14.0. The average Bonchev–Trinajstić information content (AvgIpc) is 2.40. The smallest absolute Gasteiger partial charge is 0.137 e. The number of halogens is 2. The minimum absolute atomic E-state index is 0.181. The second-order valence-electron chi connectivity index (χ2n) is 5.70. The van der Waals surface area contributed by atoms with Crippen molar-refractivity contribution < 1.29 is 4.39 Å². The number of hydrogen-bond donors (Lipinski definition) is 1. The van der Waals surface area contributed by atoms with E-state index in [1.165, 1.54) is 32.1 Å². The van der Waals surface area contributed by atoms with Crippen LogP contribution in [0.1, 0.15) is 32.1 Å². The lowest BCUT2D eigenvalue weighted by atomic mass is 9.81. The Balaban J connectivity index is 1.89. The molecule has 2 aliphatic heterocycles. The maximum atomic E-state index is 13.4. The van der Waals surface area contributed by atoms with Crippen molar-refractivity contribution in [3.8, 4) is 0 Å². The molecule has 104 valence electrons. The standard InChI is InChI=1S/C15H20BrFN2/c1-18-10-7-11-3-2-4-12(8-10)19(11)13-5-6-15(17)14(16)9-13/h5-6,9-12,18H,2-4,7-8H2,1H3. The van der Waals surface area contributed by atoms with Crippen LogP contribution >= 0.6 is 15.9 Å². The van der Waals surface area contributed by atoms with Crippen LogP contribution in [0.15, 0.2) is 22.7 Å². The molecule has 1 N–H and O–H groups in total. The van der Waals surface area contributed by atoms with E-state index in [9.17, 15) is 4.39 Å². The lowest BCUT2D eigenvalue weighted by Gasteiger charge is -2.50. The molecular formula is C15H20BrFN2. The monoisotopic (exact) mass is 326 g/mol. The molecule has 2 heterocycles. The van der Waals surface area contributed by atoms with Crippen LogP contribution in [-0.4, -0.2) is 25.2 Å². The second-order valence-corrected chi connectivity index (χ2v) is 6.56. The van der Waals surface area contributed by atoms with E-state index >= 15 is 0 Å². The molecule has 2 nitrogen and oxygen atoms in total. The van der Waals surface area contributed by atoms with Gasteiger partial charge >= 0.3 is 0 Å². The van der Waals surface area contributed by atoms with Gasteiger partial charge in [0.15, 0.2) is 0 Å². The predicted molar refractivity (Wildman–Crippen MR) is 80.1 cm³/mol. The first kappa shape index (κ1) is 13.4. The van der Waals surface area contributed by atoms with Crippen molar-refractivity contribution in [2.45, 2.75) is 50.2 Å². The van der Waals surface area contributed by atoms with Crippen LogP contribution in [0.4, 0.5) is 10.1 Å². The third-order valence-electron chi connectivity index (χ3n) is 4.58. The van der Waals surface area contributed by atoms with Crippen LogP contribution in [0.5, 0.6) is 0 Å². The highest BCUT2D eigenvalue weighted by atomic mass is 79.9. The molecule has 0 aliphatic carbocycles. The predicted octanol–water partition coefficient (Wildman–Crippen LogP) is 3.70. The third-order valence-corrected chi connectivity index (χ3v) is 5.19. The third kappa shape index (κ3) is 2.52. The van der Waals surface area contributed by atoms with E-state index in [1.807, 2.05) is 12.1 Å². The summed E-state index contributed by atoms with van der Waals surface area (Å²) >= 11 is 3.30. The Bertz CT molecular complexity index is 451. The SMILES string of the molecule is CNC1CC2CCCC(C1)N2c1ccc(F)c(Br)c1. The number of benzene rings is 1. The maximum absolute atomic E-state index is 13.4.